The van der Waals surface area contributed by atoms with E-state index in [-0.39, 0.29) is 30.0 Å². The number of nitrogens with one attached hydrogen (secondary N) is 1. The fourth-order valence-corrected chi connectivity index (χ4v) is 3.70. The van der Waals surface area contributed by atoms with Gasteiger partial charge in [0.2, 0.25) is 10.0 Å². The summed E-state index contributed by atoms with van der Waals surface area (Å²) in [6, 6.07) is 3.86. The molecule has 1 saturated heterocycles. The summed E-state index contributed by atoms with van der Waals surface area (Å²) in [6.45, 7) is 2.46. The fourth-order valence-electron chi connectivity index (χ4n) is 2.58. The maximum atomic E-state index is 12.2. The van der Waals surface area contributed by atoms with Gasteiger partial charge in [0.25, 0.3) is 0 Å². The minimum atomic E-state index is -3.75. The van der Waals surface area contributed by atoms with Gasteiger partial charge in [-0.15, -0.1) is 0 Å². The Morgan fingerprint density at radius 1 is 1.43 bits per heavy atom. The first kappa shape index (κ1) is 17.9. The fraction of sp³-hybridized carbons (Fsp3) is 0.533. The molecule has 0 saturated carbocycles. The molecule has 1 aliphatic heterocycles. The Balaban J connectivity index is 2.01. The SMILES string of the molecule is Cc1cc(S(=O)(=O)NCCC2(O)CCCOC2)ccc1C(=O)O. The summed E-state index contributed by atoms with van der Waals surface area (Å²) in [5.41, 5.74) is -0.554. The van der Waals surface area contributed by atoms with Crippen LogP contribution in [0.4, 0.5) is 0 Å². The molecule has 0 aromatic heterocycles. The van der Waals surface area contributed by atoms with Crippen molar-refractivity contribution in [3.63, 3.8) is 0 Å². The number of rotatable bonds is 6. The molecule has 0 aliphatic carbocycles. The van der Waals surface area contributed by atoms with Gasteiger partial charge < -0.3 is 14.9 Å². The summed E-state index contributed by atoms with van der Waals surface area (Å²) in [7, 11) is -3.75. The lowest BCUT2D eigenvalue weighted by molar-refractivity contribution is -0.0884. The summed E-state index contributed by atoms with van der Waals surface area (Å²) < 4.78 is 32.1. The Kier molecular flexibility index (Phi) is 5.41. The molecule has 1 aliphatic rings. The summed E-state index contributed by atoms with van der Waals surface area (Å²) >= 11 is 0. The van der Waals surface area contributed by atoms with Gasteiger partial charge in [0.05, 0.1) is 22.7 Å². The standard InChI is InChI=1S/C15H21NO6S/c1-11-9-12(3-4-13(11)14(17)18)23(20,21)16-7-6-15(19)5-2-8-22-10-15/h3-4,9,16,19H,2,5-8,10H2,1H3,(H,17,18). The van der Waals surface area contributed by atoms with Gasteiger partial charge in [-0.2, -0.15) is 0 Å². The second-order valence-electron chi connectivity index (χ2n) is 5.81. The number of hydrogen-bond acceptors (Lipinski definition) is 5. The molecule has 0 amide bonds. The van der Waals surface area contributed by atoms with E-state index in [0.29, 0.717) is 18.6 Å². The molecule has 2 rings (SSSR count). The van der Waals surface area contributed by atoms with Gasteiger partial charge in [0, 0.05) is 13.2 Å². The van der Waals surface area contributed by atoms with Gasteiger partial charge in [-0.3, -0.25) is 0 Å². The third kappa shape index (κ3) is 4.51. The monoisotopic (exact) mass is 343 g/mol. The van der Waals surface area contributed by atoms with E-state index < -0.39 is 21.6 Å². The second kappa shape index (κ2) is 6.96. The highest BCUT2D eigenvalue weighted by molar-refractivity contribution is 7.89. The zero-order valence-electron chi connectivity index (χ0n) is 12.9. The zero-order chi connectivity index (χ0) is 17.1. The molecule has 1 fully saturated rings. The normalized spacial score (nSPS) is 22.0. The van der Waals surface area contributed by atoms with Gasteiger partial charge in [0.15, 0.2) is 0 Å². The van der Waals surface area contributed by atoms with Gasteiger partial charge in [-0.25, -0.2) is 17.9 Å². The summed E-state index contributed by atoms with van der Waals surface area (Å²) in [6.07, 6.45) is 1.60. The van der Waals surface area contributed by atoms with E-state index in [9.17, 15) is 18.3 Å². The van der Waals surface area contributed by atoms with Gasteiger partial charge in [-0.05, 0) is 49.9 Å². The zero-order valence-corrected chi connectivity index (χ0v) is 13.7. The van der Waals surface area contributed by atoms with Crippen molar-refractivity contribution in [2.24, 2.45) is 0 Å². The number of carboxylic acids is 1. The highest BCUT2D eigenvalue weighted by atomic mass is 32.2. The van der Waals surface area contributed by atoms with Crippen LogP contribution in [0.5, 0.6) is 0 Å². The average Bonchev–Trinajstić information content (AvgIpc) is 2.47. The average molecular weight is 343 g/mol. The molecule has 1 atom stereocenters. The Bertz CT molecular complexity index is 679. The molecule has 1 aromatic carbocycles. The lowest BCUT2D eigenvalue weighted by Crippen LogP contribution is -2.41. The number of carboxylic acid groups (broad SMARTS) is 1. The van der Waals surface area contributed by atoms with E-state index in [1.165, 1.54) is 18.2 Å². The Hall–Kier alpha value is -1.48. The van der Waals surface area contributed by atoms with Crippen LogP contribution < -0.4 is 4.72 Å². The van der Waals surface area contributed by atoms with Gasteiger partial charge >= 0.3 is 5.97 Å². The Morgan fingerprint density at radius 2 is 2.17 bits per heavy atom. The second-order valence-corrected chi connectivity index (χ2v) is 7.58. The maximum Gasteiger partial charge on any atom is 0.335 e. The van der Waals surface area contributed by atoms with Crippen LogP contribution in [0.2, 0.25) is 0 Å². The molecule has 1 aromatic rings. The van der Waals surface area contributed by atoms with E-state index in [1.807, 2.05) is 0 Å². The third-order valence-electron chi connectivity index (χ3n) is 3.92. The van der Waals surface area contributed by atoms with Crippen molar-refractivity contribution in [3.05, 3.63) is 29.3 Å². The van der Waals surface area contributed by atoms with E-state index in [1.54, 1.807) is 6.92 Å². The molecule has 128 valence electrons. The van der Waals surface area contributed by atoms with Crippen molar-refractivity contribution in [2.45, 2.75) is 36.7 Å². The molecule has 23 heavy (non-hydrogen) atoms. The lowest BCUT2D eigenvalue weighted by atomic mass is 9.93. The molecule has 8 heteroatoms. The van der Waals surface area contributed by atoms with Crippen molar-refractivity contribution in [1.82, 2.24) is 4.72 Å². The van der Waals surface area contributed by atoms with Crippen LogP contribution in [-0.2, 0) is 14.8 Å². The van der Waals surface area contributed by atoms with Crippen LogP contribution in [0.3, 0.4) is 0 Å². The maximum absolute atomic E-state index is 12.2. The van der Waals surface area contributed by atoms with Gasteiger partial charge in [-0.1, -0.05) is 0 Å². The van der Waals surface area contributed by atoms with Crippen molar-refractivity contribution >= 4 is 16.0 Å². The molecule has 1 unspecified atom stereocenters. The number of aromatic carboxylic acids is 1. The lowest BCUT2D eigenvalue weighted by Gasteiger charge is -2.31. The number of aryl methyl sites for hydroxylation is 1. The van der Waals surface area contributed by atoms with Crippen molar-refractivity contribution in [3.8, 4) is 0 Å². The molecule has 7 nitrogen and oxygen atoms in total. The van der Waals surface area contributed by atoms with Crippen LogP contribution in [0.25, 0.3) is 0 Å². The van der Waals surface area contributed by atoms with Crippen LogP contribution in [0.15, 0.2) is 23.1 Å². The molecule has 0 spiro atoms. The number of hydrogen-bond donors (Lipinski definition) is 3. The molecule has 0 bridgehead atoms. The van der Waals surface area contributed by atoms with Crippen LogP contribution in [0, 0.1) is 6.92 Å². The first-order chi connectivity index (χ1) is 10.7. The third-order valence-corrected chi connectivity index (χ3v) is 5.38. The first-order valence-electron chi connectivity index (χ1n) is 7.37. The Labute approximate surface area is 135 Å². The largest absolute Gasteiger partial charge is 0.478 e. The highest BCUT2D eigenvalue weighted by Gasteiger charge is 2.30. The predicted octanol–water partition coefficient (Wildman–Crippen LogP) is 0.903. The van der Waals surface area contributed by atoms with E-state index >= 15 is 0 Å². The number of sulfonamides is 1. The predicted molar refractivity (Wildman–Crippen MR) is 82.9 cm³/mol. The van der Waals surface area contributed by atoms with Crippen LogP contribution in [-0.4, -0.2) is 50.0 Å². The van der Waals surface area contributed by atoms with E-state index in [2.05, 4.69) is 4.72 Å². The first-order valence-corrected chi connectivity index (χ1v) is 8.86. The van der Waals surface area contributed by atoms with Crippen LogP contribution >= 0.6 is 0 Å². The van der Waals surface area contributed by atoms with Crippen molar-refractivity contribution < 1.29 is 28.2 Å². The van der Waals surface area contributed by atoms with E-state index in [0.717, 1.165) is 6.42 Å². The minimum Gasteiger partial charge on any atom is -0.478 e. The van der Waals surface area contributed by atoms with E-state index in [4.69, 9.17) is 9.84 Å². The minimum absolute atomic E-state index is 0.00637. The molecular formula is C15H21NO6S. The number of benzene rings is 1. The number of aliphatic hydroxyl groups is 1. The van der Waals surface area contributed by atoms with Crippen molar-refractivity contribution in [2.75, 3.05) is 19.8 Å². The molecular weight excluding hydrogens is 322 g/mol. The molecule has 3 N–H and O–H groups in total. The Morgan fingerprint density at radius 3 is 2.74 bits per heavy atom. The molecule has 0 radical (unpaired) electrons. The van der Waals surface area contributed by atoms with Gasteiger partial charge in [0.1, 0.15) is 0 Å². The number of carbonyl (C=O) groups is 1. The summed E-state index contributed by atoms with van der Waals surface area (Å²) in [5.74, 6) is -1.10. The smallest absolute Gasteiger partial charge is 0.335 e. The van der Waals surface area contributed by atoms with Crippen LogP contribution in [0.1, 0.15) is 35.2 Å². The quantitative estimate of drug-likeness (QED) is 0.707. The summed E-state index contributed by atoms with van der Waals surface area (Å²) in [5, 5.41) is 19.2. The number of ether oxygens (including phenoxy) is 1. The topological polar surface area (TPSA) is 113 Å². The van der Waals surface area contributed by atoms with Crippen molar-refractivity contribution in [1.29, 1.82) is 0 Å². The summed E-state index contributed by atoms with van der Waals surface area (Å²) in [4.78, 5) is 11.0. The molecule has 1 heterocycles. The highest BCUT2D eigenvalue weighted by Crippen LogP contribution is 2.22.